The quantitative estimate of drug-likeness (QED) is 0.723. The lowest BCUT2D eigenvalue weighted by molar-refractivity contribution is 0.0685. The molecule has 0 bridgehead atoms. The Labute approximate surface area is 175 Å². The molecule has 0 atom stereocenters. The molecule has 6 heteroatoms. The third kappa shape index (κ3) is 3.58. The molecule has 1 aliphatic carbocycles. The number of hydrogen-bond acceptors (Lipinski definition) is 3. The van der Waals surface area contributed by atoms with Crippen molar-refractivity contribution < 1.29 is 9.59 Å². The molecule has 5 rings (SSSR count). The number of rotatable bonds is 4. The van der Waals surface area contributed by atoms with Crippen LogP contribution in [0.3, 0.4) is 0 Å². The first kappa shape index (κ1) is 18.9. The van der Waals surface area contributed by atoms with Gasteiger partial charge >= 0.3 is 0 Å². The van der Waals surface area contributed by atoms with Crippen molar-refractivity contribution in [1.29, 1.82) is 0 Å². The Kier molecular flexibility index (Phi) is 4.99. The molecular formula is C24H26N4O2. The van der Waals surface area contributed by atoms with E-state index >= 15 is 0 Å². The number of imidazole rings is 1. The van der Waals surface area contributed by atoms with Crippen molar-refractivity contribution in [2.75, 3.05) is 6.54 Å². The van der Waals surface area contributed by atoms with E-state index in [9.17, 15) is 9.59 Å². The van der Waals surface area contributed by atoms with Gasteiger partial charge in [-0.1, -0.05) is 49.6 Å². The minimum atomic E-state index is -0.0606. The number of benzene rings is 2. The summed E-state index contributed by atoms with van der Waals surface area (Å²) in [5.41, 5.74) is 3.33. The fourth-order valence-electron chi connectivity index (χ4n) is 4.59. The van der Waals surface area contributed by atoms with Crippen LogP contribution in [-0.4, -0.2) is 38.9 Å². The Morgan fingerprint density at radius 2 is 1.83 bits per heavy atom. The van der Waals surface area contributed by atoms with Gasteiger partial charge in [0.05, 0.1) is 11.0 Å². The van der Waals surface area contributed by atoms with Gasteiger partial charge in [-0.25, -0.2) is 4.98 Å². The van der Waals surface area contributed by atoms with E-state index in [1.165, 1.54) is 19.3 Å². The van der Waals surface area contributed by atoms with Gasteiger partial charge in [0.15, 0.2) is 5.82 Å². The molecule has 0 unspecified atom stereocenters. The average molecular weight is 402 g/mol. The number of aromatic nitrogens is 2. The molecule has 2 aliphatic rings. The smallest absolute Gasteiger partial charge is 0.290 e. The number of nitrogens with zero attached hydrogens (tertiary/aromatic N) is 3. The highest BCUT2D eigenvalue weighted by atomic mass is 16.2. The van der Waals surface area contributed by atoms with Gasteiger partial charge in [0.25, 0.3) is 11.8 Å². The summed E-state index contributed by atoms with van der Waals surface area (Å²) in [4.78, 5) is 32.2. The minimum absolute atomic E-state index is 0.0493. The topological polar surface area (TPSA) is 67.2 Å². The summed E-state index contributed by atoms with van der Waals surface area (Å²) in [6, 6.07) is 15.8. The summed E-state index contributed by atoms with van der Waals surface area (Å²) in [6.07, 6.45) is 5.73. The van der Waals surface area contributed by atoms with Crippen molar-refractivity contribution in [3.05, 3.63) is 65.5 Å². The highest BCUT2D eigenvalue weighted by Crippen LogP contribution is 2.24. The van der Waals surface area contributed by atoms with Crippen molar-refractivity contribution in [2.24, 2.45) is 0 Å². The molecular weight excluding hydrogens is 376 g/mol. The molecule has 2 heterocycles. The van der Waals surface area contributed by atoms with Crippen molar-refractivity contribution in [3.8, 4) is 0 Å². The van der Waals surface area contributed by atoms with Crippen molar-refractivity contribution >= 4 is 22.8 Å². The van der Waals surface area contributed by atoms with Gasteiger partial charge < -0.3 is 14.8 Å². The van der Waals surface area contributed by atoms with Crippen LogP contribution >= 0.6 is 0 Å². The van der Waals surface area contributed by atoms with Crippen LogP contribution in [0.5, 0.6) is 0 Å². The largest absolute Gasteiger partial charge is 0.349 e. The Morgan fingerprint density at radius 1 is 1.03 bits per heavy atom. The first-order valence-electron chi connectivity index (χ1n) is 10.8. The van der Waals surface area contributed by atoms with Gasteiger partial charge in [0.2, 0.25) is 0 Å². The average Bonchev–Trinajstić information content (AvgIpc) is 3.16. The van der Waals surface area contributed by atoms with E-state index in [0.717, 1.165) is 23.9 Å². The maximum Gasteiger partial charge on any atom is 0.290 e. The fourth-order valence-corrected chi connectivity index (χ4v) is 4.59. The van der Waals surface area contributed by atoms with Gasteiger partial charge in [0.1, 0.15) is 0 Å². The van der Waals surface area contributed by atoms with E-state index in [0.29, 0.717) is 36.5 Å². The zero-order chi connectivity index (χ0) is 20.5. The predicted octanol–water partition coefficient (Wildman–Crippen LogP) is 3.75. The van der Waals surface area contributed by atoms with Crippen LogP contribution < -0.4 is 5.32 Å². The number of fused-ring (bicyclic) bond motifs is 3. The molecule has 1 aromatic heterocycles. The lowest BCUT2D eigenvalue weighted by atomic mass is 9.95. The second-order valence-corrected chi connectivity index (χ2v) is 8.31. The Hall–Kier alpha value is -3.15. The van der Waals surface area contributed by atoms with Crippen LogP contribution in [0.2, 0.25) is 0 Å². The molecule has 1 saturated carbocycles. The van der Waals surface area contributed by atoms with Crippen LogP contribution in [-0.2, 0) is 13.1 Å². The lowest BCUT2D eigenvalue weighted by Gasteiger charge is -2.27. The van der Waals surface area contributed by atoms with Crippen LogP contribution in [0.15, 0.2) is 48.5 Å². The van der Waals surface area contributed by atoms with E-state index < -0.39 is 0 Å². The van der Waals surface area contributed by atoms with Crippen molar-refractivity contribution in [2.45, 2.75) is 51.2 Å². The van der Waals surface area contributed by atoms with E-state index in [1.807, 2.05) is 58.0 Å². The molecule has 0 saturated heterocycles. The minimum Gasteiger partial charge on any atom is -0.349 e. The Balaban J connectivity index is 1.37. The molecule has 1 fully saturated rings. The second-order valence-electron chi connectivity index (χ2n) is 8.31. The fraction of sp³-hybridized carbons (Fsp3) is 0.375. The molecule has 154 valence electrons. The summed E-state index contributed by atoms with van der Waals surface area (Å²) >= 11 is 0. The number of carbonyl (C=O) groups excluding carboxylic acids is 2. The van der Waals surface area contributed by atoms with Crippen LogP contribution in [0.1, 0.15) is 58.6 Å². The summed E-state index contributed by atoms with van der Waals surface area (Å²) in [5, 5.41) is 3.16. The first-order valence-corrected chi connectivity index (χ1v) is 10.8. The molecule has 2 aromatic carbocycles. The predicted molar refractivity (Wildman–Crippen MR) is 115 cm³/mol. The molecule has 0 radical (unpaired) electrons. The molecule has 2 amide bonds. The zero-order valence-electron chi connectivity index (χ0n) is 17.0. The second kappa shape index (κ2) is 7.94. The van der Waals surface area contributed by atoms with Gasteiger partial charge in [0, 0.05) is 31.2 Å². The maximum atomic E-state index is 13.0. The standard InChI is InChI=1S/C24H26N4O2/c29-23(25-19-9-5-2-6-10-19)18-11-12-21-20(15-18)26-22-24(30)27(13-14-28(21)22)16-17-7-3-1-4-8-17/h1,3-4,7-8,11-12,15,19H,2,5-6,9-10,13-14,16H2,(H,25,29). The summed E-state index contributed by atoms with van der Waals surface area (Å²) in [7, 11) is 0. The number of nitrogens with one attached hydrogen (secondary N) is 1. The SMILES string of the molecule is O=C(NC1CCCCC1)c1ccc2c(c1)nc1n2CCN(Cc2ccccc2)C1=O. The van der Waals surface area contributed by atoms with E-state index in [1.54, 1.807) is 0 Å². The van der Waals surface area contributed by atoms with Gasteiger partial charge in [-0.05, 0) is 36.6 Å². The van der Waals surface area contributed by atoms with Crippen LogP contribution in [0.25, 0.3) is 11.0 Å². The Bertz CT molecular complexity index is 1080. The molecule has 1 aliphatic heterocycles. The maximum absolute atomic E-state index is 13.0. The highest BCUT2D eigenvalue weighted by molar-refractivity contribution is 6.00. The van der Waals surface area contributed by atoms with Crippen LogP contribution in [0, 0.1) is 0 Å². The van der Waals surface area contributed by atoms with Gasteiger partial charge in [-0.15, -0.1) is 0 Å². The zero-order valence-corrected chi connectivity index (χ0v) is 17.0. The van der Waals surface area contributed by atoms with E-state index in [4.69, 9.17) is 0 Å². The van der Waals surface area contributed by atoms with Crippen molar-refractivity contribution in [1.82, 2.24) is 19.8 Å². The highest BCUT2D eigenvalue weighted by Gasteiger charge is 2.28. The summed E-state index contributed by atoms with van der Waals surface area (Å²) < 4.78 is 1.97. The molecule has 30 heavy (non-hydrogen) atoms. The Morgan fingerprint density at radius 3 is 2.63 bits per heavy atom. The third-order valence-corrected chi connectivity index (χ3v) is 6.24. The van der Waals surface area contributed by atoms with Gasteiger partial charge in [-0.3, -0.25) is 9.59 Å². The van der Waals surface area contributed by atoms with Crippen molar-refractivity contribution in [3.63, 3.8) is 0 Å². The van der Waals surface area contributed by atoms with Crippen LogP contribution in [0.4, 0.5) is 0 Å². The van der Waals surface area contributed by atoms with Gasteiger partial charge in [-0.2, -0.15) is 0 Å². The normalized spacial score (nSPS) is 17.2. The molecule has 3 aromatic rings. The molecule has 6 nitrogen and oxygen atoms in total. The number of hydrogen-bond donors (Lipinski definition) is 1. The van der Waals surface area contributed by atoms with E-state index in [2.05, 4.69) is 10.3 Å². The first-order chi connectivity index (χ1) is 14.7. The number of amides is 2. The third-order valence-electron chi connectivity index (χ3n) is 6.24. The summed E-state index contributed by atoms with van der Waals surface area (Å²) in [5.74, 6) is 0.346. The molecule has 0 spiro atoms. The molecule has 1 N–H and O–H groups in total. The number of carbonyl (C=O) groups is 2. The lowest BCUT2D eigenvalue weighted by Crippen LogP contribution is -2.39. The van der Waals surface area contributed by atoms with E-state index in [-0.39, 0.29) is 17.9 Å². The summed E-state index contributed by atoms with van der Waals surface area (Å²) in [6.45, 7) is 1.94. The monoisotopic (exact) mass is 402 g/mol.